The maximum atomic E-state index is 5.72. The molecule has 0 aliphatic rings. The molecule has 0 saturated heterocycles. The molecular weight excluding hydrogens is 138 g/mol. The van der Waals surface area contributed by atoms with Crippen LogP contribution in [0.5, 0.6) is 0 Å². The Balaban J connectivity index is 3.77. The van der Waals surface area contributed by atoms with Gasteiger partial charge in [0, 0.05) is 0 Å². The highest BCUT2D eigenvalue weighted by atomic mass is 16.5. The van der Waals surface area contributed by atoms with Crippen LogP contribution in [0.2, 0.25) is 0 Å². The normalized spacial score (nSPS) is 15.5. The molecule has 2 nitrogen and oxygen atoms in total. The summed E-state index contributed by atoms with van der Waals surface area (Å²) in [5, 5.41) is 0. The van der Waals surface area contributed by atoms with Gasteiger partial charge in [-0.05, 0) is 41.3 Å². The van der Waals surface area contributed by atoms with E-state index in [9.17, 15) is 0 Å². The van der Waals surface area contributed by atoms with E-state index < -0.39 is 0 Å². The minimum atomic E-state index is -0.0388. The Bertz CT molecular complexity index is 107. The van der Waals surface area contributed by atoms with Gasteiger partial charge in [0.25, 0.3) is 0 Å². The van der Waals surface area contributed by atoms with Crippen molar-refractivity contribution >= 4 is 0 Å². The van der Waals surface area contributed by atoms with Gasteiger partial charge in [-0.25, -0.2) is 0 Å². The molecule has 1 atom stereocenters. The van der Waals surface area contributed by atoms with Crippen molar-refractivity contribution in [2.75, 3.05) is 13.6 Å². The minimum Gasteiger partial charge on any atom is -0.358 e. The van der Waals surface area contributed by atoms with Gasteiger partial charge in [0.1, 0.15) is 6.23 Å². The SMILES string of the molecule is CCN(C)C(C)OC(C)(C)C. The number of ether oxygens (including phenoxy) is 1. The first-order valence-electron chi connectivity index (χ1n) is 4.25. The molecule has 0 radical (unpaired) electrons. The highest BCUT2D eigenvalue weighted by Crippen LogP contribution is 2.11. The van der Waals surface area contributed by atoms with Crippen LogP contribution in [-0.2, 0) is 4.74 Å². The van der Waals surface area contributed by atoms with Crippen LogP contribution in [0.25, 0.3) is 0 Å². The van der Waals surface area contributed by atoms with E-state index in [-0.39, 0.29) is 11.8 Å². The summed E-state index contributed by atoms with van der Waals surface area (Å²) in [6.07, 6.45) is 0.208. The Morgan fingerprint density at radius 1 is 1.36 bits per heavy atom. The smallest absolute Gasteiger partial charge is 0.108 e. The lowest BCUT2D eigenvalue weighted by atomic mass is 10.2. The Morgan fingerprint density at radius 2 is 1.82 bits per heavy atom. The molecule has 0 aromatic rings. The summed E-state index contributed by atoms with van der Waals surface area (Å²) in [4.78, 5) is 2.17. The van der Waals surface area contributed by atoms with Crippen molar-refractivity contribution < 1.29 is 4.74 Å². The molecule has 0 aliphatic heterocycles. The second-order valence-corrected chi connectivity index (χ2v) is 3.90. The summed E-state index contributed by atoms with van der Waals surface area (Å²) in [6.45, 7) is 11.5. The molecule has 68 valence electrons. The number of hydrogen-bond donors (Lipinski definition) is 0. The van der Waals surface area contributed by atoms with Crippen LogP contribution in [0, 0.1) is 0 Å². The molecule has 2 heteroatoms. The number of hydrogen-bond acceptors (Lipinski definition) is 2. The molecule has 0 aromatic heterocycles. The fraction of sp³-hybridized carbons (Fsp3) is 1.00. The average molecular weight is 159 g/mol. The van der Waals surface area contributed by atoms with E-state index in [0.717, 1.165) is 6.54 Å². The zero-order valence-electron chi connectivity index (χ0n) is 8.64. The van der Waals surface area contributed by atoms with Crippen LogP contribution < -0.4 is 0 Å². The quantitative estimate of drug-likeness (QED) is 0.585. The van der Waals surface area contributed by atoms with Crippen molar-refractivity contribution in [2.45, 2.75) is 46.4 Å². The molecule has 0 aromatic carbocycles. The van der Waals surface area contributed by atoms with Gasteiger partial charge in [-0.1, -0.05) is 6.92 Å². The van der Waals surface area contributed by atoms with E-state index in [2.05, 4.69) is 46.6 Å². The third kappa shape index (κ3) is 5.22. The molecule has 0 bridgehead atoms. The predicted octanol–water partition coefficient (Wildman–Crippen LogP) is 2.10. The van der Waals surface area contributed by atoms with E-state index in [1.165, 1.54) is 0 Å². The molecule has 0 rings (SSSR count). The monoisotopic (exact) mass is 159 g/mol. The largest absolute Gasteiger partial charge is 0.358 e. The molecule has 0 aliphatic carbocycles. The Hall–Kier alpha value is -0.0800. The standard InChI is InChI=1S/C9H21NO/c1-7-10(6)8(2)11-9(3,4)5/h8H,7H2,1-6H3. The van der Waals surface area contributed by atoms with Crippen molar-refractivity contribution in [2.24, 2.45) is 0 Å². The van der Waals surface area contributed by atoms with Crippen LogP contribution in [0.4, 0.5) is 0 Å². The molecule has 11 heavy (non-hydrogen) atoms. The summed E-state index contributed by atoms with van der Waals surface area (Å²) in [6, 6.07) is 0. The fourth-order valence-corrected chi connectivity index (χ4v) is 0.859. The molecule has 1 unspecified atom stereocenters. The van der Waals surface area contributed by atoms with Crippen LogP contribution in [0.1, 0.15) is 34.6 Å². The second-order valence-electron chi connectivity index (χ2n) is 3.90. The highest BCUT2D eigenvalue weighted by Gasteiger charge is 2.16. The van der Waals surface area contributed by atoms with Crippen molar-refractivity contribution in [3.63, 3.8) is 0 Å². The summed E-state index contributed by atoms with van der Waals surface area (Å²) in [5.74, 6) is 0. The van der Waals surface area contributed by atoms with Gasteiger partial charge in [-0.15, -0.1) is 0 Å². The fourth-order valence-electron chi connectivity index (χ4n) is 0.859. The van der Waals surface area contributed by atoms with Crippen LogP contribution in [-0.4, -0.2) is 30.3 Å². The Kier molecular flexibility index (Phi) is 4.04. The Morgan fingerprint density at radius 3 is 2.09 bits per heavy atom. The summed E-state index contributed by atoms with van der Waals surface area (Å²) < 4.78 is 5.72. The van der Waals surface area contributed by atoms with Crippen LogP contribution >= 0.6 is 0 Å². The zero-order chi connectivity index (χ0) is 9.07. The first-order valence-corrected chi connectivity index (χ1v) is 4.25. The van der Waals surface area contributed by atoms with Crippen molar-refractivity contribution in [1.29, 1.82) is 0 Å². The van der Waals surface area contributed by atoms with E-state index in [1.54, 1.807) is 0 Å². The van der Waals surface area contributed by atoms with Crippen molar-refractivity contribution in [3.8, 4) is 0 Å². The molecule has 0 spiro atoms. The topological polar surface area (TPSA) is 12.5 Å². The lowest BCUT2D eigenvalue weighted by molar-refractivity contribution is -0.114. The van der Waals surface area contributed by atoms with Gasteiger partial charge in [-0.2, -0.15) is 0 Å². The van der Waals surface area contributed by atoms with Gasteiger partial charge < -0.3 is 4.74 Å². The summed E-state index contributed by atoms with van der Waals surface area (Å²) >= 11 is 0. The molecule has 0 N–H and O–H groups in total. The predicted molar refractivity (Wildman–Crippen MR) is 48.6 cm³/mol. The lowest BCUT2D eigenvalue weighted by Gasteiger charge is -2.30. The van der Waals surface area contributed by atoms with E-state index in [4.69, 9.17) is 4.74 Å². The lowest BCUT2D eigenvalue weighted by Crippen LogP contribution is -2.37. The van der Waals surface area contributed by atoms with E-state index >= 15 is 0 Å². The second kappa shape index (κ2) is 4.07. The summed E-state index contributed by atoms with van der Waals surface area (Å²) in [7, 11) is 2.07. The molecule has 0 saturated carbocycles. The van der Waals surface area contributed by atoms with Gasteiger partial charge >= 0.3 is 0 Å². The van der Waals surface area contributed by atoms with Crippen molar-refractivity contribution in [1.82, 2.24) is 4.90 Å². The highest BCUT2D eigenvalue weighted by molar-refractivity contribution is 4.62. The maximum Gasteiger partial charge on any atom is 0.108 e. The zero-order valence-corrected chi connectivity index (χ0v) is 8.64. The first-order chi connectivity index (χ1) is 4.87. The first kappa shape index (κ1) is 10.9. The Labute approximate surface area is 70.5 Å². The maximum absolute atomic E-state index is 5.72. The third-order valence-electron chi connectivity index (χ3n) is 1.64. The summed E-state index contributed by atoms with van der Waals surface area (Å²) in [5.41, 5.74) is -0.0388. The van der Waals surface area contributed by atoms with Crippen LogP contribution in [0.3, 0.4) is 0 Å². The van der Waals surface area contributed by atoms with Gasteiger partial charge in [0.05, 0.1) is 5.60 Å². The number of rotatable bonds is 3. The van der Waals surface area contributed by atoms with Crippen LogP contribution in [0.15, 0.2) is 0 Å². The third-order valence-corrected chi connectivity index (χ3v) is 1.64. The van der Waals surface area contributed by atoms with Gasteiger partial charge in [0.15, 0.2) is 0 Å². The minimum absolute atomic E-state index is 0.0388. The molecule has 0 heterocycles. The van der Waals surface area contributed by atoms with E-state index in [1.807, 2.05) is 0 Å². The van der Waals surface area contributed by atoms with Gasteiger partial charge in [-0.3, -0.25) is 4.90 Å². The average Bonchev–Trinajstić information content (AvgIpc) is 1.82. The molecule has 0 amide bonds. The van der Waals surface area contributed by atoms with Gasteiger partial charge in [0.2, 0.25) is 0 Å². The van der Waals surface area contributed by atoms with Crippen molar-refractivity contribution in [3.05, 3.63) is 0 Å². The molecule has 0 fully saturated rings. The number of nitrogens with zero attached hydrogens (tertiary/aromatic N) is 1. The van der Waals surface area contributed by atoms with E-state index in [0.29, 0.717) is 0 Å². The molecular formula is C9H21NO.